The van der Waals surface area contributed by atoms with Gasteiger partial charge in [0.1, 0.15) is 11.5 Å². The minimum absolute atomic E-state index is 0.0467. The summed E-state index contributed by atoms with van der Waals surface area (Å²) in [5, 5.41) is 9.42. The van der Waals surface area contributed by atoms with Crippen molar-refractivity contribution in [2.75, 3.05) is 20.0 Å². The molecule has 0 aliphatic rings. The molecule has 1 N–H and O–H groups in total. The van der Waals surface area contributed by atoms with E-state index < -0.39 is 5.97 Å². The lowest BCUT2D eigenvalue weighted by Gasteiger charge is -2.12. The molecule has 112 valence electrons. The molecule has 6 nitrogen and oxygen atoms in total. The van der Waals surface area contributed by atoms with Crippen LogP contribution in [0.2, 0.25) is 0 Å². The van der Waals surface area contributed by atoms with Crippen molar-refractivity contribution in [1.82, 2.24) is 9.55 Å². The summed E-state index contributed by atoms with van der Waals surface area (Å²) in [6.45, 7) is 1.86. The monoisotopic (exact) mass is 308 g/mol. The molecular formula is C14H16N2O4S. The first-order chi connectivity index (χ1) is 10.0. The molecule has 7 heteroatoms. The summed E-state index contributed by atoms with van der Waals surface area (Å²) < 4.78 is 12.4. The average molecular weight is 308 g/mol. The Labute approximate surface area is 126 Å². The van der Waals surface area contributed by atoms with E-state index in [2.05, 4.69) is 4.98 Å². The van der Waals surface area contributed by atoms with Crippen LogP contribution in [0.25, 0.3) is 5.69 Å². The van der Waals surface area contributed by atoms with Crippen molar-refractivity contribution in [3.8, 4) is 17.2 Å². The number of hydrogen-bond acceptors (Lipinski definition) is 5. The van der Waals surface area contributed by atoms with Crippen LogP contribution in [0.3, 0.4) is 0 Å². The zero-order chi connectivity index (χ0) is 15.4. The van der Waals surface area contributed by atoms with Gasteiger partial charge in [-0.3, -0.25) is 9.36 Å². The molecular weight excluding hydrogens is 292 g/mol. The molecule has 0 radical (unpaired) electrons. The van der Waals surface area contributed by atoms with Crippen molar-refractivity contribution in [2.24, 2.45) is 0 Å². The number of ether oxygens (including phenoxy) is 2. The Morgan fingerprint density at radius 1 is 1.38 bits per heavy atom. The molecule has 0 saturated heterocycles. The van der Waals surface area contributed by atoms with E-state index in [-0.39, 0.29) is 5.75 Å². The normalized spacial score (nSPS) is 10.4. The Balaban J connectivity index is 2.43. The van der Waals surface area contributed by atoms with Gasteiger partial charge in [0.25, 0.3) is 0 Å². The predicted molar refractivity (Wildman–Crippen MR) is 79.8 cm³/mol. The maximum absolute atomic E-state index is 10.7. The van der Waals surface area contributed by atoms with E-state index >= 15 is 0 Å². The standard InChI is InChI=1S/C14H16N2O4S/c1-9-7-16(14(15-9)21-8-13(17)18)11-5-4-10(19-2)6-12(11)20-3/h4-7H,8H2,1-3H3,(H,17,18). The maximum Gasteiger partial charge on any atom is 0.313 e. The summed E-state index contributed by atoms with van der Waals surface area (Å²) in [7, 11) is 3.16. The van der Waals surface area contributed by atoms with Crippen molar-refractivity contribution in [1.29, 1.82) is 0 Å². The molecule has 0 amide bonds. The summed E-state index contributed by atoms with van der Waals surface area (Å²) in [4.78, 5) is 15.1. The predicted octanol–water partition coefficient (Wildman–Crippen LogP) is 2.37. The Morgan fingerprint density at radius 3 is 2.76 bits per heavy atom. The molecule has 0 unspecified atom stereocenters. The first-order valence-corrected chi connectivity index (χ1v) is 7.16. The SMILES string of the molecule is COc1ccc(-n2cc(C)nc2SCC(=O)O)c(OC)c1. The largest absolute Gasteiger partial charge is 0.497 e. The summed E-state index contributed by atoms with van der Waals surface area (Å²) in [6.07, 6.45) is 1.84. The van der Waals surface area contributed by atoms with Crippen LogP contribution < -0.4 is 9.47 Å². The quantitative estimate of drug-likeness (QED) is 0.826. The first kappa shape index (κ1) is 15.2. The average Bonchev–Trinajstić information content (AvgIpc) is 2.85. The molecule has 0 saturated carbocycles. The summed E-state index contributed by atoms with van der Waals surface area (Å²) in [5.41, 5.74) is 1.59. The number of rotatable bonds is 6. The molecule has 0 atom stereocenters. The van der Waals surface area contributed by atoms with Crippen LogP contribution in [0.4, 0.5) is 0 Å². The van der Waals surface area contributed by atoms with E-state index in [1.807, 2.05) is 29.8 Å². The van der Waals surface area contributed by atoms with E-state index in [1.54, 1.807) is 20.3 Å². The van der Waals surface area contributed by atoms with E-state index in [0.29, 0.717) is 16.7 Å². The molecule has 1 aromatic carbocycles. The van der Waals surface area contributed by atoms with Crippen LogP contribution in [0.5, 0.6) is 11.5 Å². The number of carboxylic acid groups (broad SMARTS) is 1. The highest BCUT2D eigenvalue weighted by atomic mass is 32.2. The van der Waals surface area contributed by atoms with Gasteiger partial charge in [0.15, 0.2) is 5.16 Å². The molecule has 0 aliphatic heterocycles. The summed E-state index contributed by atoms with van der Waals surface area (Å²) >= 11 is 1.17. The van der Waals surface area contributed by atoms with Gasteiger partial charge in [0.2, 0.25) is 0 Å². The number of aryl methyl sites for hydroxylation is 1. The highest BCUT2D eigenvalue weighted by Crippen LogP contribution is 2.31. The minimum Gasteiger partial charge on any atom is -0.497 e. The lowest BCUT2D eigenvalue weighted by atomic mass is 10.2. The minimum atomic E-state index is -0.881. The molecule has 0 aliphatic carbocycles. The number of carbonyl (C=O) groups is 1. The molecule has 0 fully saturated rings. The van der Waals surface area contributed by atoms with Crippen LogP contribution in [0.15, 0.2) is 29.6 Å². The number of nitrogens with zero attached hydrogens (tertiary/aromatic N) is 2. The maximum atomic E-state index is 10.7. The molecule has 1 aromatic heterocycles. The van der Waals surface area contributed by atoms with Crippen LogP contribution in [0.1, 0.15) is 5.69 Å². The number of hydrogen-bond donors (Lipinski definition) is 1. The fourth-order valence-corrected chi connectivity index (χ4v) is 2.61. The third kappa shape index (κ3) is 3.49. The number of carboxylic acids is 1. The van der Waals surface area contributed by atoms with Crippen LogP contribution >= 0.6 is 11.8 Å². The van der Waals surface area contributed by atoms with Crippen LogP contribution in [-0.4, -0.2) is 40.6 Å². The Hall–Kier alpha value is -2.15. The zero-order valence-electron chi connectivity index (χ0n) is 12.0. The number of methoxy groups -OCH3 is 2. The van der Waals surface area contributed by atoms with Gasteiger partial charge in [-0.15, -0.1) is 0 Å². The lowest BCUT2D eigenvalue weighted by Crippen LogP contribution is -2.02. The van der Waals surface area contributed by atoms with Gasteiger partial charge in [-0.1, -0.05) is 11.8 Å². The Kier molecular flexibility index (Phi) is 4.74. The molecule has 0 bridgehead atoms. The molecule has 1 heterocycles. The van der Waals surface area contributed by atoms with Gasteiger partial charge in [0, 0.05) is 12.3 Å². The zero-order valence-corrected chi connectivity index (χ0v) is 12.8. The fraction of sp³-hybridized carbons (Fsp3) is 0.286. The number of aromatic nitrogens is 2. The number of benzene rings is 1. The number of aliphatic carboxylic acids is 1. The molecule has 0 spiro atoms. The van der Waals surface area contributed by atoms with Gasteiger partial charge < -0.3 is 14.6 Å². The third-order valence-corrected chi connectivity index (χ3v) is 3.70. The summed E-state index contributed by atoms with van der Waals surface area (Å²) in [6, 6.07) is 5.44. The fourth-order valence-electron chi connectivity index (χ4n) is 1.86. The summed E-state index contributed by atoms with van der Waals surface area (Å²) in [5.74, 6) is 0.388. The topological polar surface area (TPSA) is 73.6 Å². The molecule has 2 aromatic rings. The van der Waals surface area contributed by atoms with E-state index in [0.717, 1.165) is 11.4 Å². The van der Waals surface area contributed by atoms with Crippen molar-refractivity contribution < 1.29 is 19.4 Å². The Morgan fingerprint density at radius 2 is 2.14 bits per heavy atom. The highest BCUT2D eigenvalue weighted by molar-refractivity contribution is 7.99. The second kappa shape index (κ2) is 6.53. The number of imidazole rings is 1. The first-order valence-electron chi connectivity index (χ1n) is 6.18. The second-order valence-corrected chi connectivity index (χ2v) is 5.20. The second-order valence-electron chi connectivity index (χ2n) is 4.26. The van der Waals surface area contributed by atoms with E-state index in [9.17, 15) is 4.79 Å². The highest BCUT2D eigenvalue weighted by Gasteiger charge is 2.14. The van der Waals surface area contributed by atoms with Crippen LogP contribution in [0, 0.1) is 6.92 Å². The lowest BCUT2D eigenvalue weighted by molar-refractivity contribution is -0.133. The molecule has 21 heavy (non-hydrogen) atoms. The van der Waals surface area contributed by atoms with Crippen molar-refractivity contribution >= 4 is 17.7 Å². The molecule has 2 rings (SSSR count). The van der Waals surface area contributed by atoms with Gasteiger partial charge in [-0.05, 0) is 19.1 Å². The van der Waals surface area contributed by atoms with Gasteiger partial charge >= 0.3 is 5.97 Å². The van der Waals surface area contributed by atoms with Gasteiger partial charge in [0.05, 0.1) is 31.4 Å². The smallest absolute Gasteiger partial charge is 0.313 e. The van der Waals surface area contributed by atoms with E-state index in [1.165, 1.54) is 11.8 Å². The number of thioether (sulfide) groups is 1. The van der Waals surface area contributed by atoms with E-state index in [4.69, 9.17) is 14.6 Å². The third-order valence-electron chi connectivity index (χ3n) is 2.77. The van der Waals surface area contributed by atoms with Gasteiger partial charge in [-0.2, -0.15) is 0 Å². The van der Waals surface area contributed by atoms with Crippen molar-refractivity contribution in [3.63, 3.8) is 0 Å². The van der Waals surface area contributed by atoms with Crippen LogP contribution in [-0.2, 0) is 4.79 Å². The van der Waals surface area contributed by atoms with Gasteiger partial charge in [-0.25, -0.2) is 4.98 Å². The van der Waals surface area contributed by atoms with Crippen molar-refractivity contribution in [2.45, 2.75) is 12.1 Å². The Bertz CT molecular complexity index is 654. The van der Waals surface area contributed by atoms with Crippen molar-refractivity contribution in [3.05, 3.63) is 30.1 Å².